The first-order valence-electron chi connectivity index (χ1n) is 8.93. The number of likely N-dealkylation sites (tertiary alicyclic amines) is 2. The van der Waals surface area contributed by atoms with Crippen molar-refractivity contribution >= 4 is 11.8 Å². The molecule has 2 N–H and O–H groups in total. The fraction of sp³-hybridized carbons (Fsp3) is 0.882. The number of hydrogen-bond donors (Lipinski definition) is 1. The predicted octanol–water partition coefficient (Wildman–Crippen LogP) is 1.36. The lowest BCUT2D eigenvalue weighted by Crippen LogP contribution is -2.50. The standard InChI is InChI=1S/C17H29N3O2/c1-12-9-13(10-18)11-20(12)17(22)15-7-4-8-19(15)16(21)14-5-2-3-6-14/h12-15H,2-11,18H2,1H3. The van der Waals surface area contributed by atoms with Crippen molar-refractivity contribution in [1.29, 1.82) is 0 Å². The highest BCUT2D eigenvalue weighted by molar-refractivity contribution is 5.89. The quantitative estimate of drug-likeness (QED) is 0.856. The van der Waals surface area contributed by atoms with Gasteiger partial charge in [-0.1, -0.05) is 12.8 Å². The Balaban J connectivity index is 1.67. The SMILES string of the molecule is CC1CC(CN)CN1C(=O)C1CCCN1C(=O)C1CCCC1. The molecule has 3 fully saturated rings. The van der Waals surface area contributed by atoms with Crippen molar-refractivity contribution in [3.8, 4) is 0 Å². The van der Waals surface area contributed by atoms with Crippen molar-refractivity contribution in [3.05, 3.63) is 0 Å². The fourth-order valence-electron chi connectivity index (χ4n) is 4.51. The molecule has 0 aromatic heterocycles. The molecule has 2 saturated heterocycles. The van der Waals surface area contributed by atoms with Crippen LogP contribution in [0.15, 0.2) is 0 Å². The van der Waals surface area contributed by atoms with Crippen LogP contribution < -0.4 is 5.73 Å². The van der Waals surface area contributed by atoms with Crippen molar-refractivity contribution in [2.75, 3.05) is 19.6 Å². The van der Waals surface area contributed by atoms with Gasteiger partial charge in [0.25, 0.3) is 0 Å². The first kappa shape index (κ1) is 15.8. The van der Waals surface area contributed by atoms with Gasteiger partial charge < -0.3 is 15.5 Å². The van der Waals surface area contributed by atoms with E-state index in [1.807, 2.05) is 9.80 Å². The van der Waals surface area contributed by atoms with E-state index in [0.29, 0.717) is 12.5 Å². The molecule has 0 aromatic rings. The minimum absolute atomic E-state index is 0.160. The van der Waals surface area contributed by atoms with E-state index < -0.39 is 0 Å². The lowest BCUT2D eigenvalue weighted by atomic mass is 10.1. The van der Waals surface area contributed by atoms with Gasteiger partial charge in [0.15, 0.2) is 0 Å². The van der Waals surface area contributed by atoms with E-state index in [-0.39, 0.29) is 29.8 Å². The van der Waals surface area contributed by atoms with Gasteiger partial charge in [-0.05, 0) is 51.5 Å². The molecule has 2 aliphatic heterocycles. The number of nitrogens with two attached hydrogens (primary N) is 1. The van der Waals surface area contributed by atoms with Gasteiger partial charge >= 0.3 is 0 Å². The van der Waals surface area contributed by atoms with Gasteiger partial charge in [-0.2, -0.15) is 0 Å². The summed E-state index contributed by atoms with van der Waals surface area (Å²) in [5, 5.41) is 0. The number of hydrogen-bond acceptors (Lipinski definition) is 3. The number of amides is 2. The molecule has 3 rings (SSSR count). The van der Waals surface area contributed by atoms with E-state index in [4.69, 9.17) is 5.73 Å². The summed E-state index contributed by atoms with van der Waals surface area (Å²) in [5.74, 6) is 0.975. The Kier molecular flexibility index (Phi) is 4.71. The summed E-state index contributed by atoms with van der Waals surface area (Å²) in [6.07, 6.45) is 7.10. The van der Waals surface area contributed by atoms with Crippen molar-refractivity contribution < 1.29 is 9.59 Å². The molecule has 2 heterocycles. The molecule has 124 valence electrons. The van der Waals surface area contributed by atoms with E-state index in [1.54, 1.807) is 0 Å². The molecule has 5 nitrogen and oxygen atoms in total. The highest BCUT2D eigenvalue weighted by Crippen LogP contribution is 2.31. The van der Waals surface area contributed by atoms with E-state index in [9.17, 15) is 9.59 Å². The maximum Gasteiger partial charge on any atom is 0.245 e. The Labute approximate surface area is 133 Å². The molecule has 5 heteroatoms. The second kappa shape index (κ2) is 6.57. The number of carbonyl (C=O) groups is 2. The zero-order valence-electron chi connectivity index (χ0n) is 13.7. The average molecular weight is 307 g/mol. The minimum atomic E-state index is -0.216. The van der Waals surface area contributed by atoms with E-state index in [0.717, 1.165) is 58.0 Å². The van der Waals surface area contributed by atoms with Gasteiger partial charge in [-0.15, -0.1) is 0 Å². The summed E-state index contributed by atoms with van der Waals surface area (Å²) in [6.45, 7) is 4.27. The second-order valence-corrected chi connectivity index (χ2v) is 7.35. The Morgan fingerprint density at radius 3 is 2.41 bits per heavy atom. The fourth-order valence-corrected chi connectivity index (χ4v) is 4.51. The lowest BCUT2D eigenvalue weighted by molar-refractivity contribution is -0.146. The summed E-state index contributed by atoms with van der Waals surface area (Å²) in [6, 6.07) is 0.0390. The average Bonchev–Trinajstić information content (AvgIpc) is 3.25. The molecule has 1 saturated carbocycles. The molecule has 22 heavy (non-hydrogen) atoms. The van der Waals surface area contributed by atoms with Gasteiger partial charge in [-0.3, -0.25) is 9.59 Å². The third kappa shape index (κ3) is 2.87. The van der Waals surface area contributed by atoms with Crippen LogP contribution in [-0.2, 0) is 9.59 Å². The van der Waals surface area contributed by atoms with Crippen LogP contribution in [0.3, 0.4) is 0 Å². The topological polar surface area (TPSA) is 66.6 Å². The van der Waals surface area contributed by atoms with Crippen molar-refractivity contribution in [1.82, 2.24) is 9.80 Å². The van der Waals surface area contributed by atoms with Crippen molar-refractivity contribution in [3.63, 3.8) is 0 Å². The molecule has 0 radical (unpaired) electrons. The molecule has 3 aliphatic rings. The first-order chi connectivity index (χ1) is 10.6. The van der Waals surface area contributed by atoms with Crippen LogP contribution >= 0.6 is 0 Å². The molecule has 0 spiro atoms. The van der Waals surface area contributed by atoms with Crippen LogP contribution in [0.5, 0.6) is 0 Å². The third-order valence-corrected chi connectivity index (χ3v) is 5.80. The van der Waals surface area contributed by atoms with Gasteiger partial charge in [0, 0.05) is 25.0 Å². The Morgan fingerprint density at radius 2 is 1.77 bits per heavy atom. The lowest BCUT2D eigenvalue weighted by Gasteiger charge is -2.31. The van der Waals surface area contributed by atoms with Crippen molar-refractivity contribution in [2.45, 2.75) is 64.0 Å². The van der Waals surface area contributed by atoms with Gasteiger partial charge in [0.2, 0.25) is 11.8 Å². The maximum absolute atomic E-state index is 12.9. The van der Waals surface area contributed by atoms with Crippen LogP contribution in [0.4, 0.5) is 0 Å². The van der Waals surface area contributed by atoms with E-state index in [1.165, 1.54) is 0 Å². The summed E-state index contributed by atoms with van der Waals surface area (Å²) in [7, 11) is 0. The number of rotatable bonds is 3. The third-order valence-electron chi connectivity index (χ3n) is 5.80. The molecule has 3 unspecified atom stereocenters. The Hall–Kier alpha value is -1.10. The normalized spacial score (nSPS) is 32.9. The number of carbonyl (C=O) groups excluding carboxylic acids is 2. The Morgan fingerprint density at radius 1 is 1.05 bits per heavy atom. The summed E-state index contributed by atoms with van der Waals surface area (Å²) >= 11 is 0. The molecule has 0 bridgehead atoms. The molecule has 3 atom stereocenters. The summed E-state index contributed by atoms with van der Waals surface area (Å²) in [4.78, 5) is 29.5. The van der Waals surface area contributed by atoms with E-state index >= 15 is 0 Å². The minimum Gasteiger partial charge on any atom is -0.338 e. The van der Waals surface area contributed by atoms with Crippen LogP contribution in [0.25, 0.3) is 0 Å². The van der Waals surface area contributed by atoms with Crippen molar-refractivity contribution in [2.24, 2.45) is 17.6 Å². The highest BCUT2D eigenvalue weighted by Gasteiger charge is 2.42. The first-order valence-corrected chi connectivity index (χ1v) is 8.93. The smallest absolute Gasteiger partial charge is 0.245 e. The second-order valence-electron chi connectivity index (χ2n) is 7.35. The maximum atomic E-state index is 12.9. The molecule has 2 amide bonds. The molecular formula is C17H29N3O2. The van der Waals surface area contributed by atoms with Gasteiger partial charge in [0.05, 0.1) is 0 Å². The van der Waals surface area contributed by atoms with Crippen LogP contribution in [0, 0.1) is 11.8 Å². The summed E-state index contributed by atoms with van der Waals surface area (Å²) < 4.78 is 0. The largest absolute Gasteiger partial charge is 0.338 e. The van der Waals surface area contributed by atoms with Crippen LogP contribution in [0.1, 0.15) is 51.9 Å². The zero-order chi connectivity index (χ0) is 15.7. The monoisotopic (exact) mass is 307 g/mol. The molecule has 0 aromatic carbocycles. The predicted molar refractivity (Wildman–Crippen MR) is 85.0 cm³/mol. The van der Waals surface area contributed by atoms with Gasteiger partial charge in [-0.25, -0.2) is 0 Å². The number of nitrogens with zero attached hydrogens (tertiary/aromatic N) is 2. The highest BCUT2D eigenvalue weighted by atomic mass is 16.2. The molecular weight excluding hydrogens is 278 g/mol. The Bertz CT molecular complexity index is 434. The zero-order valence-corrected chi connectivity index (χ0v) is 13.7. The molecule has 1 aliphatic carbocycles. The van der Waals surface area contributed by atoms with Crippen LogP contribution in [-0.4, -0.2) is 53.3 Å². The van der Waals surface area contributed by atoms with Crippen LogP contribution in [0.2, 0.25) is 0 Å². The van der Waals surface area contributed by atoms with Gasteiger partial charge in [0.1, 0.15) is 6.04 Å². The summed E-state index contributed by atoms with van der Waals surface area (Å²) in [5.41, 5.74) is 5.77. The van der Waals surface area contributed by atoms with E-state index in [2.05, 4.69) is 6.92 Å².